The van der Waals surface area contributed by atoms with E-state index >= 15 is 0 Å². The number of hydrogen-bond acceptors (Lipinski definition) is 3. The van der Waals surface area contributed by atoms with Gasteiger partial charge in [-0.05, 0) is 72.8 Å². The summed E-state index contributed by atoms with van der Waals surface area (Å²) < 4.78 is 0. The number of nitrogens with one attached hydrogen (secondary N) is 1. The van der Waals surface area contributed by atoms with Crippen molar-refractivity contribution >= 4 is 6.03 Å². The highest BCUT2D eigenvalue weighted by Gasteiger charge is 2.51. The molecule has 0 heterocycles. The zero-order valence-corrected chi connectivity index (χ0v) is 16.1. The fraction of sp³-hybridized carbons (Fsp3) is 0.682. The molecule has 148 valence electrons. The number of rotatable bonds is 7. The van der Waals surface area contributed by atoms with Gasteiger partial charge in [-0.1, -0.05) is 24.3 Å². The first-order valence-electron chi connectivity index (χ1n) is 10.4. The van der Waals surface area contributed by atoms with E-state index in [-0.39, 0.29) is 24.7 Å². The summed E-state index contributed by atoms with van der Waals surface area (Å²) in [6.45, 7) is 1.68. The number of hydrogen-bond donors (Lipinski definition) is 3. The van der Waals surface area contributed by atoms with Gasteiger partial charge in [0, 0.05) is 19.6 Å². The Labute approximate surface area is 161 Å². The van der Waals surface area contributed by atoms with Gasteiger partial charge in [0.25, 0.3) is 0 Å². The summed E-state index contributed by atoms with van der Waals surface area (Å²) in [4.78, 5) is 14.7. The van der Waals surface area contributed by atoms with Gasteiger partial charge in [-0.15, -0.1) is 0 Å². The number of carbonyl (C=O) groups is 1. The Morgan fingerprint density at radius 2 is 1.56 bits per heavy atom. The van der Waals surface area contributed by atoms with Crippen LogP contribution in [0, 0.1) is 23.2 Å². The molecule has 3 N–H and O–H groups in total. The first-order chi connectivity index (χ1) is 13.1. The quantitative estimate of drug-likeness (QED) is 0.689. The highest BCUT2D eigenvalue weighted by atomic mass is 16.3. The third-order valence-electron chi connectivity index (χ3n) is 7.00. The van der Waals surface area contributed by atoms with Gasteiger partial charge in [0.05, 0.1) is 13.2 Å². The highest BCUT2D eigenvalue weighted by Crippen LogP contribution is 2.60. The predicted molar refractivity (Wildman–Crippen MR) is 104 cm³/mol. The second kappa shape index (κ2) is 7.80. The maximum absolute atomic E-state index is 12.8. The lowest BCUT2D eigenvalue weighted by Crippen LogP contribution is -2.54. The SMILES string of the molecule is O=C(NCc1ccc(CO)cc1)N(CCO)CC12CC3CC(CC(C3)C1)C2. The lowest BCUT2D eigenvalue weighted by atomic mass is 9.49. The average Bonchev–Trinajstić information content (AvgIpc) is 2.65. The minimum absolute atomic E-state index is 0.00494. The second-order valence-electron chi connectivity index (χ2n) is 9.20. The molecule has 0 atom stereocenters. The Kier molecular flexibility index (Phi) is 5.42. The standard InChI is InChI=1S/C22H32N2O3/c25-6-5-24(21(27)23-13-16-1-3-17(14-26)4-2-16)15-22-10-18-7-19(11-22)9-20(8-18)12-22/h1-4,18-20,25-26H,5-15H2,(H,23,27). The molecular formula is C22H32N2O3. The van der Waals surface area contributed by atoms with Crippen molar-refractivity contribution in [2.45, 2.75) is 51.7 Å². The first-order valence-corrected chi connectivity index (χ1v) is 10.4. The van der Waals surface area contributed by atoms with E-state index in [0.29, 0.717) is 13.1 Å². The van der Waals surface area contributed by atoms with E-state index < -0.39 is 0 Å². The van der Waals surface area contributed by atoms with E-state index in [4.69, 9.17) is 5.11 Å². The summed E-state index contributed by atoms with van der Waals surface area (Å²) in [6.07, 6.45) is 7.98. The maximum Gasteiger partial charge on any atom is 0.317 e. The van der Waals surface area contributed by atoms with Crippen molar-refractivity contribution in [3.05, 3.63) is 35.4 Å². The molecule has 5 rings (SSSR count). The Morgan fingerprint density at radius 1 is 1.00 bits per heavy atom. The zero-order chi connectivity index (χ0) is 18.9. The van der Waals surface area contributed by atoms with Crippen LogP contribution in [0.3, 0.4) is 0 Å². The van der Waals surface area contributed by atoms with Crippen LogP contribution in [-0.2, 0) is 13.2 Å². The first kappa shape index (κ1) is 18.8. The van der Waals surface area contributed by atoms with Gasteiger partial charge in [-0.3, -0.25) is 0 Å². The van der Waals surface area contributed by atoms with Gasteiger partial charge in [-0.2, -0.15) is 0 Å². The van der Waals surface area contributed by atoms with Gasteiger partial charge in [0.1, 0.15) is 0 Å². The van der Waals surface area contributed by atoms with Crippen LogP contribution < -0.4 is 5.32 Å². The predicted octanol–water partition coefficient (Wildman–Crippen LogP) is 2.90. The second-order valence-corrected chi connectivity index (χ2v) is 9.20. The molecule has 5 heteroatoms. The molecule has 4 aliphatic carbocycles. The molecule has 0 unspecified atom stereocenters. The Bertz CT molecular complexity index is 623. The highest BCUT2D eigenvalue weighted by molar-refractivity contribution is 5.74. The van der Waals surface area contributed by atoms with Crippen molar-refractivity contribution in [3.8, 4) is 0 Å². The van der Waals surface area contributed by atoms with E-state index in [1.54, 1.807) is 0 Å². The van der Waals surface area contributed by atoms with E-state index in [9.17, 15) is 9.90 Å². The maximum atomic E-state index is 12.8. The molecule has 0 aromatic heterocycles. The molecule has 1 aromatic rings. The monoisotopic (exact) mass is 372 g/mol. The summed E-state index contributed by atoms with van der Waals surface area (Å²) in [7, 11) is 0. The number of nitrogens with zero attached hydrogens (tertiary/aromatic N) is 1. The minimum Gasteiger partial charge on any atom is -0.395 e. The van der Waals surface area contributed by atoms with Crippen LogP contribution in [0.15, 0.2) is 24.3 Å². The van der Waals surface area contributed by atoms with Gasteiger partial charge >= 0.3 is 6.03 Å². The van der Waals surface area contributed by atoms with Crippen LogP contribution in [0.25, 0.3) is 0 Å². The van der Waals surface area contributed by atoms with Crippen molar-refractivity contribution in [1.29, 1.82) is 0 Å². The fourth-order valence-electron chi connectivity index (χ4n) is 6.31. The number of carbonyl (C=O) groups excluding carboxylic acids is 1. The smallest absolute Gasteiger partial charge is 0.317 e. The number of aliphatic hydroxyl groups is 2. The summed E-state index contributed by atoms with van der Waals surface area (Å²) in [5, 5.41) is 21.6. The third kappa shape index (κ3) is 4.14. The molecule has 4 saturated carbocycles. The van der Waals surface area contributed by atoms with Crippen molar-refractivity contribution in [2.24, 2.45) is 23.2 Å². The Morgan fingerprint density at radius 3 is 2.07 bits per heavy atom. The van der Waals surface area contributed by atoms with Crippen molar-refractivity contribution in [3.63, 3.8) is 0 Å². The molecular weight excluding hydrogens is 340 g/mol. The summed E-state index contributed by atoms with van der Waals surface area (Å²) in [5.41, 5.74) is 2.16. The summed E-state index contributed by atoms with van der Waals surface area (Å²) >= 11 is 0. The van der Waals surface area contributed by atoms with Gasteiger partial charge in [0.15, 0.2) is 0 Å². The van der Waals surface area contributed by atoms with Gasteiger partial charge < -0.3 is 20.4 Å². The van der Waals surface area contributed by atoms with Crippen molar-refractivity contribution < 1.29 is 15.0 Å². The van der Waals surface area contributed by atoms with E-state index in [0.717, 1.165) is 35.4 Å². The number of amides is 2. The largest absolute Gasteiger partial charge is 0.395 e. The van der Waals surface area contributed by atoms with E-state index in [2.05, 4.69) is 5.32 Å². The molecule has 4 bridgehead atoms. The molecule has 0 saturated heterocycles. The average molecular weight is 373 g/mol. The van der Waals surface area contributed by atoms with Crippen LogP contribution in [0.5, 0.6) is 0 Å². The normalized spacial score (nSPS) is 31.1. The molecule has 2 amide bonds. The van der Waals surface area contributed by atoms with E-state index in [1.807, 2.05) is 29.2 Å². The van der Waals surface area contributed by atoms with Crippen LogP contribution in [-0.4, -0.2) is 40.8 Å². The lowest BCUT2D eigenvalue weighted by molar-refractivity contribution is -0.0647. The van der Waals surface area contributed by atoms with Crippen LogP contribution >= 0.6 is 0 Å². The number of urea groups is 1. The van der Waals surface area contributed by atoms with Crippen molar-refractivity contribution in [1.82, 2.24) is 10.2 Å². The number of benzene rings is 1. The Hall–Kier alpha value is -1.59. The topological polar surface area (TPSA) is 72.8 Å². The fourth-order valence-corrected chi connectivity index (χ4v) is 6.31. The Balaban J connectivity index is 1.37. The molecule has 0 radical (unpaired) electrons. The van der Waals surface area contributed by atoms with E-state index in [1.165, 1.54) is 38.5 Å². The molecule has 27 heavy (non-hydrogen) atoms. The molecule has 0 spiro atoms. The zero-order valence-electron chi connectivity index (χ0n) is 16.1. The molecule has 0 aliphatic heterocycles. The minimum atomic E-state index is -0.0777. The van der Waals surface area contributed by atoms with Crippen molar-refractivity contribution in [2.75, 3.05) is 19.7 Å². The summed E-state index contributed by atoms with van der Waals surface area (Å²) in [5.74, 6) is 2.58. The third-order valence-corrected chi connectivity index (χ3v) is 7.00. The van der Waals surface area contributed by atoms with Gasteiger partial charge in [-0.25, -0.2) is 4.79 Å². The lowest BCUT2D eigenvalue weighted by Gasteiger charge is -2.57. The van der Waals surface area contributed by atoms with Crippen LogP contribution in [0.1, 0.15) is 49.7 Å². The summed E-state index contributed by atoms with van der Waals surface area (Å²) in [6, 6.07) is 7.54. The van der Waals surface area contributed by atoms with Gasteiger partial charge in [0.2, 0.25) is 0 Å². The molecule has 4 fully saturated rings. The molecule has 5 nitrogen and oxygen atoms in total. The van der Waals surface area contributed by atoms with Crippen LogP contribution in [0.4, 0.5) is 4.79 Å². The molecule has 4 aliphatic rings. The number of aliphatic hydroxyl groups excluding tert-OH is 2. The van der Waals surface area contributed by atoms with Crippen LogP contribution in [0.2, 0.25) is 0 Å². The molecule has 1 aromatic carbocycles.